The van der Waals surface area contributed by atoms with Crippen LogP contribution in [0.4, 0.5) is 0 Å². The topological polar surface area (TPSA) is 48.4 Å². The molecule has 3 aromatic rings. The third-order valence-corrected chi connectivity index (χ3v) is 4.49. The van der Waals surface area contributed by atoms with Gasteiger partial charge in [-0.05, 0) is 54.5 Å². The van der Waals surface area contributed by atoms with Crippen molar-refractivity contribution < 1.29 is 14.3 Å². The summed E-state index contributed by atoms with van der Waals surface area (Å²) in [6, 6.07) is 17.3. The van der Waals surface area contributed by atoms with Gasteiger partial charge in [0.25, 0.3) is 0 Å². The van der Waals surface area contributed by atoms with Crippen molar-refractivity contribution in [1.29, 1.82) is 0 Å². The fraction of sp³-hybridized carbons (Fsp3) is 0.0833. The summed E-state index contributed by atoms with van der Waals surface area (Å²) in [7, 11) is 0. The van der Waals surface area contributed by atoms with E-state index in [0.717, 1.165) is 16.7 Å². The molecule has 1 aromatic heterocycles. The highest BCUT2D eigenvalue weighted by molar-refractivity contribution is 6.14. The smallest absolute Gasteiger partial charge is 0.231 e. The van der Waals surface area contributed by atoms with Gasteiger partial charge in [-0.1, -0.05) is 36.4 Å². The highest BCUT2D eigenvalue weighted by Crippen LogP contribution is 2.39. The highest BCUT2D eigenvalue weighted by atomic mass is 16.5. The number of ether oxygens (including phenoxy) is 2. The van der Waals surface area contributed by atoms with Crippen molar-refractivity contribution in [2.75, 3.05) is 6.61 Å². The van der Waals surface area contributed by atoms with Crippen LogP contribution in [0.1, 0.15) is 27.0 Å². The number of rotatable bonds is 5. The standard InChI is InChI=1S/C24H19NO3/c1-17-21(27-15-5-8-18-6-3-2-4-7-18)10-9-20-23(26)22(28-24(17)20)16-19-11-13-25-14-12-19/h2-14,16H,15H2,1H3/b8-5+,22-16-. The molecule has 1 aliphatic rings. The number of fused-ring (bicyclic) bond motifs is 1. The Morgan fingerprint density at radius 1 is 1.00 bits per heavy atom. The monoisotopic (exact) mass is 369 g/mol. The second kappa shape index (κ2) is 7.92. The summed E-state index contributed by atoms with van der Waals surface area (Å²) in [5.74, 6) is 1.46. The van der Waals surface area contributed by atoms with Gasteiger partial charge in [0.15, 0.2) is 5.76 Å². The minimum atomic E-state index is -0.120. The second-order valence-electron chi connectivity index (χ2n) is 6.41. The molecule has 0 saturated heterocycles. The number of carbonyl (C=O) groups is 1. The number of allylic oxidation sites excluding steroid dienone is 1. The van der Waals surface area contributed by atoms with Crippen molar-refractivity contribution in [2.24, 2.45) is 0 Å². The van der Waals surface area contributed by atoms with Crippen LogP contribution in [-0.4, -0.2) is 17.4 Å². The Kier molecular flexibility index (Phi) is 5.02. The molecule has 0 aliphatic carbocycles. The van der Waals surface area contributed by atoms with E-state index >= 15 is 0 Å². The number of Topliss-reactive ketones (excluding diaryl/α,β-unsaturated/α-hetero) is 1. The first-order valence-electron chi connectivity index (χ1n) is 9.04. The maximum absolute atomic E-state index is 12.6. The van der Waals surface area contributed by atoms with Crippen molar-refractivity contribution in [3.05, 3.63) is 101 Å². The van der Waals surface area contributed by atoms with Crippen molar-refractivity contribution in [1.82, 2.24) is 4.98 Å². The Hall–Kier alpha value is -3.66. The number of aromatic nitrogens is 1. The molecule has 0 amide bonds. The molecule has 4 rings (SSSR count). The van der Waals surface area contributed by atoms with Crippen LogP contribution >= 0.6 is 0 Å². The van der Waals surface area contributed by atoms with Crippen molar-refractivity contribution in [3.8, 4) is 11.5 Å². The lowest BCUT2D eigenvalue weighted by molar-refractivity contribution is 0.101. The van der Waals surface area contributed by atoms with Gasteiger partial charge in [-0.3, -0.25) is 9.78 Å². The van der Waals surface area contributed by atoms with E-state index in [1.54, 1.807) is 24.5 Å². The zero-order valence-electron chi connectivity index (χ0n) is 15.5. The van der Waals surface area contributed by atoms with Crippen LogP contribution < -0.4 is 9.47 Å². The predicted molar refractivity (Wildman–Crippen MR) is 109 cm³/mol. The number of carbonyl (C=O) groups excluding carboxylic acids is 1. The molecule has 0 spiro atoms. The Morgan fingerprint density at radius 3 is 2.57 bits per heavy atom. The highest BCUT2D eigenvalue weighted by Gasteiger charge is 2.30. The molecule has 0 radical (unpaired) electrons. The van der Waals surface area contributed by atoms with E-state index in [0.29, 0.717) is 29.4 Å². The number of pyridine rings is 1. The summed E-state index contributed by atoms with van der Waals surface area (Å²) >= 11 is 0. The van der Waals surface area contributed by atoms with E-state index in [9.17, 15) is 4.79 Å². The molecular weight excluding hydrogens is 350 g/mol. The Labute approximate surface area is 163 Å². The number of nitrogens with zero attached hydrogens (tertiary/aromatic N) is 1. The molecule has 4 heteroatoms. The molecule has 138 valence electrons. The van der Waals surface area contributed by atoms with Crippen LogP contribution in [0.25, 0.3) is 12.2 Å². The first-order valence-corrected chi connectivity index (χ1v) is 9.04. The lowest BCUT2D eigenvalue weighted by Crippen LogP contribution is -1.98. The summed E-state index contributed by atoms with van der Waals surface area (Å²) in [5, 5.41) is 0. The maximum Gasteiger partial charge on any atom is 0.231 e. The fourth-order valence-corrected chi connectivity index (χ4v) is 3.02. The first kappa shape index (κ1) is 17.7. The zero-order chi connectivity index (χ0) is 19.3. The van der Waals surface area contributed by atoms with Gasteiger partial charge in [0.1, 0.15) is 18.1 Å². The molecule has 4 nitrogen and oxygen atoms in total. The van der Waals surface area contributed by atoms with E-state index in [1.165, 1.54) is 0 Å². The largest absolute Gasteiger partial charge is 0.489 e. The maximum atomic E-state index is 12.6. The third kappa shape index (κ3) is 3.71. The van der Waals surface area contributed by atoms with Crippen LogP contribution in [0.15, 0.2) is 78.8 Å². The normalized spacial score (nSPS) is 14.3. The van der Waals surface area contributed by atoms with E-state index in [-0.39, 0.29) is 5.78 Å². The predicted octanol–water partition coefficient (Wildman–Crippen LogP) is 5.10. The Morgan fingerprint density at radius 2 is 1.79 bits per heavy atom. The summed E-state index contributed by atoms with van der Waals surface area (Å²) in [6.07, 6.45) is 9.06. The first-order chi connectivity index (χ1) is 13.7. The molecule has 0 N–H and O–H groups in total. The second-order valence-corrected chi connectivity index (χ2v) is 6.41. The van der Waals surface area contributed by atoms with E-state index in [2.05, 4.69) is 4.98 Å². The van der Waals surface area contributed by atoms with Gasteiger partial charge in [-0.15, -0.1) is 0 Å². The molecule has 0 saturated carbocycles. The molecular formula is C24H19NO3. The Bertz CT molecular complexity index is 1050. The average Bonchev–Trinajstić information content (AvgIpc) is 3.05. The molecule has 0 bridgehead atoms. The van der Waals surface area contributed by atoms with Crippen LogP contribution in [0.2, 0.25) is 0 Å². The molecule has 0 unspecified atom stereocenters. The van der Waals surface area contributed by atoms with E-state index < -0.39 is 0 Å². The van der Waals surface area contributed by atoms with Gasteiger partial charge in [-0.25, -0.2) is 0 Å². The summed E-state index contributed by atoms with van der Waals surface area (Å²) in [6.45, 7) is 2.33. The number of ketones is 1. The molecule has 28 heavy (non-hydrogen) atoms. The number of benzene rings is 2. The van der Waals surface area contributed by atoms with Gasteiger partial charge in [0.05, 0.1) is 5.56 Å². The van der Waals surface area contributed by atoms with Crippen molar-refractivity contribution >= 4 is 17.9 Å². The van der Waals surface area contributed by atoms with Crippen molar-refractivity contribution in [3.63, 3.8) is 0 Å². The van der Waals surface area contributed by atoms with Gasteiger partial charge in [0.2, 0.25) is 5.78 Å². The van der Waals surface area contributed by atoms with Gasteiger partial charge in [-0.2, -0.15) is 0 Å². The molecule has 2 aromatic carbocycles. The number of hydrogen-bond donors (Lipinski definition) is 0. The third-order valence-electron chi connectivity index (χ3n) is 4.49. The van der Waals surface area contributed by atoms with Crippen LogP contribution in [-0.2, 0) is 0 Å². The van der Waals surface area contributed by atoms with Crippen molar-refractivity contribution in [2.45, 2.75) is 6.92 Å². The molecule has 1 aliphatic heterocycles. The number of hydrogen-bond acceptors (Lipinski definition) is 4. The minimum absolute atomic E-state index is 0.120. The van der Waals surface area contributed by atoms with E-state index in [1.807, 2.05) is 67.6 Å². The van der Waals surface area contributed by atoms with Crippen LogP contribution in [0, 0.1) is 6.92 Å². The minimum Gasteiger partial charge on any atom is -0.489 e. The molecule has 0 atom stereocenters. The molecule has 0 fully saturated rings. The zero-order valence-corrected chi connectivity index (χ0v) is 15.5. The SMILES string of the molecule is Cc1c(OC/C=C/c2ccccc2)ccc2c1O/C(=C\c1ccncc1)C2=O. The molecule has 2 heterocycles. The van der Waals surface area contributed by atoms with Gasteiger partial charge < -0.3 is 9.47 Å². The van der Waals surface area contributed by atoms with Crippen LogP contribution in [0.5, 0.6) is 11.5 Å². The quantitative estimate of drug-likeness (QED) is 0.587. The lowest BCUT2D eigenvalue weighted by Gasteiger charge is -2.10. The Balaban J connectivity index is 1.49. The summed E-state index contributed by atoms with van der Waals surface area (Å²) in [5.41, 5.74) is 3.37. The van der Waals surface area contributed by atoms with E-state index in [4.69, 9.17) is 9.47 Å². The van der Waals surface area contributed by atoms with Crippen LogP contribution in [0.3, 0.4) is 0 Å². The van der Waals surface area contributed by atoms with Gasteiger partial charge >= 0.3 is 0 Å². The summed E-state index contributed by atoms with van der Waals surface area (Å²) in [4.78, 5) is 16.6. The average molecular weight is 369 g/mol. The fourth-order valence-electron chi connectivity index (χ4n) is 3.02. The van der Waals surface area contributed by atoms with Gasteiger partial charge in [0, 0.05) is 18.0 Å². The lowest BCUT2D eigenvalue weighted by atomic mass is 10.1. The summed E-state index contributed by atoms with van der Waals surface area (Å²) < 4.78 is 11.7.